The highest BCUT2D eigenvalue weighted by atomic mass is 32.2. The van der Waals surface area contributed by atoms with E-state index in [1.807, 2.05) is 30.3 Å². The number of pyridine rings is 1. The largest absolute Gasteiger partial charge is 0.497 e. The zero-order valence-corrected chi connectivity index (χ0v) is 20.7. The maximum absolute atomic E-state index is 13.4. The molecule has 8 nitrogen and oxygen atoms in total. The minimum atomic E-state index is -3.37. The average Bonchev–Trinajstić information content (AvgIpc) is 3.12. The van der Waals surface area contributed by atoms with E-state index in [2.05, 4.69) is 5.32 Å². The van der Waals surface area contributed by atoms with E-state index in [1.54, 1.807) is 37.5 Å². The topological polar surface area (TPSA) is 97.7 Å². The zero-order valence-electron chi connectivity index (χ0n) is 19.9. The van der Waals surface area contributed by atoms with Crippen molar-refractivity contribution in [2.75, 3.05) is 25.7 Å². The van der Waals surface area contributed by atoms with Crippen molar-refractivity contribution in [3.63, 3.8) is 0 Å². The quantitative estimate of drug-likeness (QED) is 0.683. The predicted octanol–water partition coefficient (Wildman–Crippen LogP) is 1.88. The molecule has 2 aliphatic heterocycles. The Bertz CT molecular complexity index is 1500. The number of allylic oxidation sites excluding steroid dienone is 1. The number of nitrogens with zero attached hydrogens (tertiary/aromatic N) is 2. The van der Waals surface area contributed by atoms with Crippen molar-refractivity contribution < 1.29 is 17.9 Å². The highest BCUT2D eigenvalue weighted by Gasteiger charge is 2.40. The summed E-state index contributed by atoms with van der Waals surface area (Å²) in [7, 11) is -0.106. The number of benzene rings is 1. The van der Waals surface area contributed by atoms with Crippen LogP contribution in [-0.4, -0.2) is 55.5 Å². The van der Waals surface area contributed by atoms with E-state index in [0.29, 0.717) is 41.1 Å². The van der Waals surface area contributed by atoms with Crippen LogP contribution in [0.1, 0.15) is 23.1 Å². The normalized spacial score (nSPS) is 18.7. The Kier molecular flexibility index (Phi) is 5.67. The molecule has 0 saturated heterocycles. The molecule has 1 N–H and O–H groups in total. The highest BCUT2D eigenvalue weighted by Crippen LogP contribution is 2.42. The van der Waals surface area contributed by atoms with Crippen LogP contribution >= 0.6 is 0 Å². The molecule has 0 bridgehead atoms. The van der Waals surface area contributed by atoms with Crippen molar-refractivity contribution in [1.29, 1.82) is 0 Å². The van der Waals surface area contributed by atoms with E-state index >= 15 is 0 Å². The minimum Gasteiger partial charge on any atom is -0.497 e. The van der Waals surface area contributed by atoms with Gasteiger partial charge in [0.05, 0.1) is 36.6 Å². The van der Waals surface area contributed by atoms with Gasteiger partial charge in [0.1, 0.15) is 5.75 Å². The lowest BCUT2D eigenvalue weighted by Crippen LogP contribution is -2.41. The number of hydrogen-bond acceptors (Lipinski definition) is 6. The van der Waals surface area contributed by atoms with Gasteiger partial charge in [-0.15, -0.1) is 0 Å². The number of carbonyl (C=O) groups excluding carboxylic acids is 1. The summed E-state index contributed by atoms with van der Waals surface area (Å²) in [5.41, 5.74) is 4.55. The van der Waals surface area contributed by atoms with E-state index < -0.39 is 9.84 Å². The molecule has 0 spiro atoms. The Labute approximate surface area is 204 Å². The average molecular weight is 494 g/mol. The fourth-order valence-electron chi connectivity index (χ4n) is 5.10. The van der Waals surface area contributed by atoms with Gasteiger partial charge in [-0.25, -0.2) is 8.42 Å². The van der Waals surface area contributed by atoms with Gasteiger partial charge in [0.25, 0.3) is 5.56 Å². The van der Waals surface area contributed by atoms with Crippen LogP contribution < -0.4 is 15.6 Å². The first-order chi connectivity index (χ1) is 16.7. The van der Waals surface area contributed by atoms with Gasteiger partial charge in [0.15, 0.2) is 9.84 Å². The van der Waals surface area contributed by atoms with Crippen molar-refractivity contribution >= 4 is 27.0 Å². The first kappa shape index (κ1) is 23.2. The van der Waals surface area contributed by atoms with Crippen LogP contribution in [0.15, 0.2) is 64.7 Å². The van der Waals surface area contributed by atoms with Crippen LogP contribution in [0.3, 0.4) is 0 Å². The van der Waals surface area contributed by atoms with Gasteiger partial charge in [0, 0.05) is 37.8 Å². The van der Waals surface area contributed by atoms with E-state index in [9.17, 15) is 18.0 Å². The molecule has 1 aromatic heterocycles. The van der Waals surface area contributed by atoms with Crippen molar-refractivity contribution in [3.8, 4) is 5.75 Å². The molecule has 2 aromatic rings. The monoisotopic (exact) mass is 493 g/mol. The summed E-state index contributed by atoms with van der Waals surface area (Å²) in [5, 5.41) is 3.38. The molecular formula is C26H27N3O5S. The number of ether oxygens (including phenoxy) is 1. The number of nitrogens with one attached hydrogen (secondary N) is 1. The van der Waals surface area contributed by atoms with E-state index in [0.717, 1.165) is 16.7 Å². The summed E-state index contributed by atoms with van der Waals surface area (Å²) in [6.07, 6.45) is 7.34. The van der Waals surface area contributed by atoms with Crippen molar-refractivity contribution in [2.24, 2.45) is 7.05 Å². The number of aryl methyl sites for hydroxylation is 1. The Hall–Kier alpha value is -3.59. The molecule has 5 rings (SSSR count). The van der Waals surface area contributed by atoms with Crippen LogP contribution in [0, 0.1) is 0 Å². The third-order valence-electron chi connectivity index (χ3n) is 6.64. The van der Waals surface area contributed by atoms with E-state index in [4.69, 9.17) is 4.74 Å². The summed E-state index contributed by atoms with van der Waals surface area (Å²) in [4.78, 5) is 28.5. The van der Waals surface area contributed by atoms with E-state index in [-0.39, 0.29) is 29.7 Å². The maximum atomic E-state index is 13.4. The SMILES string of the molecule is COc1cccc(CC(=O)N2C=C3C=C(CS(C)(=O)=O)c4ccn(C)c(=O)c4C4=C3C2CCN4)c1. The summed E-state index contributed by atoms with van der Waals surface area (Å²) in [5.74, 6) is 0.415. The van der Waals surface area contributed by atoms with Gasteiger partial charge in [-0.3, -0.25) is 9.59 Å². The van der Waals surface area contributed by atoms with Gasteiger partial charge < -0.3 is 19.5 Å². The van der Waals surface area contributed by atoms with Gasteiger partial charge in [0.2, 0.25) is 5.91 Å². The first-order valence-corrected chi connectivity index (χ1v) is 13.5. The molecule has 35 heavy (non-hydrogen) atoms. The van der Waals surface area contributed by atoms with Crippen LogP contribution in [0.2, 0.25) is 0 Å². The van der Waals surface area contributed by atoms with E-state index in [1.165, 1.54) is 10.8 Å². The maximum Gasteiger partial charge on any atom is 0.260 e. The molecule has 1 unspecified atom stereocenters. The number of aromatic nitrogens is 1. The Morgan fingerprint density at radius 1 is 1.26 bits per heavy atom. The summed E-state index contributed by atoms with van der Waals surface area (Å²) in [6.45, 7) is 0.590. The van der Waals surface area contributed by atoms with Crippen LogP contribution in [0.25, 0.3) is 11.3 Å². The predicted molar refractivity (Wildman–Crippen MR) is 134 cm³/mol. The molecule has 182 valence electrons. The number of carbonyl (C=O) groups is 1. The molecule has 0 radical (unpaired) electrons. The molecule has 1 atom stereocenters. The number of methoxy groups -OCH3 is 1. The first-order valence-electron chi connectivity index (χ1n) is 11.4. The smallest absolute Gasteiger partial charge is 0.260 e. The van der Waals surface area contributed by atoms with Crippen LogP contribution in [0.5, 0.6) is 5.75 Å². The Morgan fingerprint density at radius 3 is 2.80 bits per heavy atom. The van der Waals surface area contributed by atoms with Gasteiger partial charge in [-0.05, 0) is 53.0 Å². The van der Waals surface area contributed by atoms with Crippen molar-refractivity contribution in [3.05, 3.63) is 87.0 Å². The molecule has 0 saturated carbocycles. The lowest BCUT2D eigenvalue weighted by Gasteiger charge is -2.31. The molecule has 3 aliphatic rings. The number of hydrogen-bond donors (Lipinski definition) is 1. The lowest BCUT2D eigenvalue weighted by molar-refractivity contribution is -0.128. The molecule has 0 fully saturated rings. The fraction of sp³-hybridized carbons (Fsp3) is 0.308. The third kappa shape index (κ3) is 4.20. The number of fused-ring (bicyclic) bond motifs is 2. The third-order valence-corrected chi connectivity index (χ3v) is 7.47. The fourth-order valence-corrected chi connectivity index (χ4v) is 5.91. The second-order valence-electron chi connectivity index (χ2n) is 9.19. The van der Waals surface area contributed by atoms with Gasteiger partial charge in [-0.2, -0.15) is 0 Å². The number of amides is 1. The molecule has 1 amide bonds. The van der Waals surface area contributed by atoms with Crippen LogP contribution in [0.4, 0.5) is 0 Å². The summed E-state index contributed by atoms with van der Waals surface area (Å²) in [6, 6.07) is 8.98. The summed E-state index contributed by atoms with van der Waals surface area (Å²) >= 11 is 0. The summed E-state index contributed by atoms with van der Waals surface area (Å²) < 4.78 is 31.3. The molecule has 1 aromatic carbocycles. The van der Waals surface area contributed by atoms with Gasteiger partial charge >= 0.3 is 0 Å². The van der Waals surface area contributed by atoms with Crippen molar-refractivity contribution in [1.82, 2.24) is 14.8 Å². The van der Waals surface area contributed by atoms with Crippen LogP contribution in [-0.2, 0) is 28.1 Å². The second kappa shape index (κ2) is 8.57. The number of rotatable bonds is 5. The minimum absolute atomic E-state index is 0.0724. The van der Waals surface area contributed by atoms with Gasteiger partial charge in [-0.1, -0.05) is 12.1 Å². The Morgan fingerprint density at radius 2 is 2.06 bits per heavy atom. The highest BCUT2D eigenvalue weighted by molar-refractivity contribution is 7.91. The number of sulfone groups is 1. The molecular weight excluding hydrogens is 466 g/mol. The second-order valence-corrected chi connectivity index (χ2v) is 11.3. The molecule has 3 heterocycles. The lowest BCUT2D eigenvalue weighted by atomic mass is 9.92. The van der Waals surface area contributed by atoms with Crippen molar-refractivity contribution in [2.45, 2.75) is 18.9 Å². The standard InChI is InChI=1S/C26H27N3O5S/c1-28-10-8-20-18(15-35(3,32)33)13-17-14-29(22(30)12-16-5-4-6-19(11-16)34-2)21-7-9-27-25(23(17)21)24(20)26(28)31/h4-6,8,10-11,13-14,21,27H,7,9,12,15H2,1-3H3. The molecule has 9 heteroatoms. The zero-order chi connectivity index (χ0) is 24.9. The molecule has 1 aliphatic carbocycles. The Balaban J connectivity index is 1.63.